The monoisotopic (exact) mass is 359 g/mol. The third-order valence-electron chi connectivity index (χ3n) is 5.84. The number of aliphatic hydroxyl groups is 1. The number of hydrogen-bond acceptors (Lipinski definition) is 4. The Morgan fingerprint density at radius 1 is 0.963 bits per heavy atom. The molecular formula is C22H21N3O2. The summed E-state index contributed by atoms with van der Waals surface area (Å²) in [5.41, 5.74) is 4.84. The second-order valence-electron chi connectivity index (χ2n) is 7.56. The molecule has 2 aliphatic rings. The first kappa shape index (κ1) is 16.4. The largest absolute Gasteiger partial charge is 0.369 e. The summed E-state index contributed by atoms with van der Waals surface area (Å²) in [6.07, 6.45) is 10.3. The molecule has 1 fully saturated rings. The van der Waals surface area contributed by atoms with Gasteiger partial charge in [0.1, 0.15) is 5.69 Å². The molecule has 136 valence electrons. The van der Waals surface area contributed by atoms with Crippen molar-refractivity contribution in [2.45, 2.75) is 44.2 Å². The molecular weight excluding hydrogens is 338 g/mol. The van der Waals surface area contributed by atoms with Gasteiger partial charge in [-0.2, -0.15) is 5.10 Å². The normalized spacial score (nSPS) is 18.0. The van der Waals surface area contributed by atoms with E-state index in [0.29, 0.717) is 6.42 Å². The van der Waals surface area contributed by atoms with E-state index < -0.39 is 5.72 Å². The van der Waals surface area contributed by atoms with Crippen LogP contribution < -0.4 is 0 Å². The number of benzene rings is 1. The van der Waals surface area contributed by atoms with Gasteiger partial charge in [0.2, 0.25) is 0 Å². The minimum absolute atomic E-state index is 0.224. The van der Waals surface area contributed by atoms with Crippen molar-refractivity contribution in [2.75, 3.05) is 0 Å². The van der Waals surface area contributed by atoms with Crippen LogP contribution in [0, 0.1) is 0 Å². The first-order valence-electron chi connectivity index (χ1n) is 9.53. The Morgan fingerprint density at radius 2 is 1.74 bits per heavy atom. The van der Waals surface area contributed by atoms with E-state index in [2.05, 4.69) is 11.1 Å². The molecule has 1 N–H and O–H groups in total. The van der Waals surface area contributed by atoms with Gasteiger partial charge in [0, 0.05) is 41.7 Å². The summed E-state index contributed by atoms with van der Waals surface area (Å²) in [7, 11) is 0. The second kappa shape index (κ2) is 6.13. The molecule has 0 radical (unpaired) electrons. The van der Waals surface area contributed by atoms with Crippen molar-refractivity contribution >= 4 is 5.78 Å². The second-order valence-corrected chi connectivity index (χ2v) is 7.56. The number of hydrogen-bond donors (Lipinski definition) is 1. The summed E-state index contributed by atoms with van der Waals surface area (Å²) in [5.74, 6) is 0.224. The molecule has 2 heterocycles. The number of carbonyl (C=O) groups is 1. The van der Waals surface area contributed by atoms with Crippen molar-refractivity contribution in [1.82, 2.24) is 14.8 Å². The fraction of sp³-hybridized carbons (Fsp3) is 0.318. The van der Waals surface area contributed by atoms with Gasteiger partial charge in [-0.1, -0.05) is 18.2 Å². The van der Waals surface area contributed by atoms with Gasteiger partial charge >= 0.3 is 0 Å². The van der Waals surface area contributed by atoms with Crippen LogP contribution in [0.15, 0.2) is 48.9 Å². The van der Waals surface area contributed by atoms with Crippen molar-refractivity contribution in [2.24, 2.45) is 0 Å². The van der Waals surface area contributed by atoms with E-state index in [4.69, 9.17) is 5.10 Å². The van der Waals surface area contributed by atoms with Crippen molar-refractivity contribution in [3.63, 3.8) is 0 Å². The summed E-state index contributed by atoms with van der Waals surface area (Å²) in [6, 6.07) is 9.90. The first-order chi connectivity index (χ1) is 13.1. The van der Waals surface area contributed by atoms with Crippen LogP contribution in [0.4, 0.5) is 0 Å². The number of rotatable bonds is 3. The zero-order valence-corrected chi connectivity index (χ0v) is 15.1. The lowest BCUT2D eigenvalue weighted by atomic mass is 9.98. The van der Waals surface area contributed by atoms with Gasteiger partial charge in [0.15, 0.2) is 11.5 Å². The Morgan fingerprint density at radius 3 is 2.52 bits per heavy atom. The van der Waals surface area contributed by atoms with Gasteiger partial charge in [-0.3, -0.25) is 9.78 Å². The van der Waals surface area contributed by atoms with Crippen LogP contribution in [0.3, 0.4) is 0 Å². The van der Waals surface area contributed by atoms with Crippen LogP contribution in [-0.4, -0.2) is 25.7 Å². The highest BCUT2D eigenvalue weighted by molar-refractivity contribution is 6.01. The van der Waals surface area contributed by atoms with E-state index in [1.165, 1.54) is 0 Å². The van der Waals surface area contributed by atoms with Gasteiger partial charge in [-0.05, 0) is 55.4 Å². The first-order valence-corrected chi connectivity index (χ1v) is 9.53. The molecule has 27 heavy (non-hydrogen) atoms. The van der Waals surface area contributed by atoms with Crippen LogP contribution in [0.2, 0.25) is 0 Å². The van der Waals surface area contributed by atoms with Crippen molar-refractivity contribution in [1.29, 1.82) is 0 Å². The number of pyridine rings is 1. The molecule has 2 aliphatic carbocycles. The summed E-state index contributed by atoms with van der Waals surface area (Å²) in [6.45, 7) is 0. The molecule has 1 saturated carbocycles. The average Bonchev–Trinajstić information content (AvgIpc) is 3.42. The zero-order valence-electron chi connectivity index (χ0n) is 15.1. The van der Waals surface area contributed by atoms with Gasteiger partial charge in [0.05, 0.1) is 0 Å². The van der Waals surface area contributed by atoms with Crippen LogP contribution >= 0.6 is 0 Å². The molecule has 5 heteroatoms. The number of carbonyl (C=O) groups excluding carboxylic acids is 1. The Balaban J connectivity index is 1.67. The molecule has 0 spiro atoms. The quantitative estimate of drug-likeness (QED) is 0.768. The lowest BCUT2D eigenvalue weighted by Crippen LogP contribution is -2.30. The van der Waals surface area contributed by atoms with Crippen LogP contribution in [0.25, 0.3) is 22.4 Å². The Labute approximate surface area is 157 Å². The molecule has 5 nitrogen and oxygen atoms in total. The lowest BCUT2D eigenvalue weighted by Gasteiger charge is -2.22. The number of aryl methyl sites for hydroxylation is 1. The van der Waals surface area contributed by atoms with Crippen molar-refractivity contribution in [3.8, 4) is 22.4 Å². The Kier molecular flexibility index (Phi) is 3.72. The Bertz CT molecular complexity index is 1020. The molecule has 5 rings (SSSR count). The van der Waals surface area contributed by atoms with E-state index in [0.717, 1.165) is 65.6 Å². The number of fused-ring (bicyclic) bond motifs is 1. The molecule has 0 unspecified atom stereocenters. The Hall–Kier alpha value is -2.79. The molecule has 3 aromatic rings. The van der Waals surface area contributed by atoms with Crippen LogP contribution in [0.5, 0.6) is 0 Å². The SMILES string of the molecule is O=C1CCc2cc(-c3cn(C4(O)CCCC4)nc3-c3ccncc3)ccc21. The third-order valence-corrected chi connectivity index (χ3v) is 5.84. The summed E-state index contributed by atoms with van der Waals surface area (Å²) in [5, 5.41) is 15.8. The van der Waals surface area contributed by atoms with Gasteiger partial charge in [-0.15, -0.1) is 0 Å². The predicted molar refractivity (Wildman–Crippen MR) is 102 cm³/mol. The number of nitrogens with zero attached hydrogens (tertiary/aromatic N) is 3. The van der Waals surface area contributed by atoms with Crippen LogP contribution in [0.1, 0.15) is 48.0 Å². The fourth-order valence-electron chi connectivity index (χ4n) is 4.31. The zero-order chi connectivity index (χ0) is 18.4. The highest BCUT2D eigenvalue weighted by atomic mass is 16.3. The van der Waals surface area contributed by atoms with E-state index in [9.17, 15) is 9.90 Å². The maximum absolute atomic E-state index is 12.0. The van der Waals surface area contributed by atoms with E-state index in [-0.39, 0.29) is 5.78 Å². The van der Waals surface area contributed by atoms with Gasteiger partial charge in [-0.25, -0.2) is 4.68 Å². The standard InChI is InChI=1S/C22H21N3O2/c26-20-6-4-16-13-17(3-5-18(16)20)19-14-25(22(27)9-1-2-10-22)24-21(19)15-7-11-23-12-8-15/h3,5,7-8,11-14,27H,1-2,4,6,9-10H2. The third kappa shape index (κ3) is 2.70. The van der Waals surface area contributed by atoms with E-state index in [1.54, 1.807) is 17.1 Å². The highest BCUT2D eigenvalue weighted by Crippen LogP contribution is 2.39. The topological polar surface area (TPSA) is 68.0 Å². The van der Waals surface area contributed by atoms with Gasteiger partial charge in [0.25, 0.3) is 0 Å². The predicted octanol–water partition coefficient (Wildman–Crippen LogP) is 3.96. The number of aromatic nitrogens is 3. The fourth-order valence-corrected chi connectivity index (χ4v) is 4.31. The molecule has 0 atom stereocenters. The molecule has 1 aromatic carbocycles. The maximum atomic E-state index is 12.0. The van der Waals surface area contributed by atoms with Gasteiger partial charge < -0.3 is 5.11 Å². The van der Waals surface area contributed by atoms with E-state index in [1.807, 2.05) is 30.5 Å². The highest BCUT2D eigenvalue weighted by Gasteiger charge is 2.35. The van der Waals surface area contributed by atoms with Crippen molar-refractivity contribution in [3.05, 3.63) is 60.0 Å². The van der Waals surface area contributed by atoms with Crippen molar-refractivity contribution < 1.29 is 9.90 Å². The summed E-state index contributed by atoms with van der Waals surface area (Å²) < 4.78 is 1.74. The average molecular weight is 359 g/mol. The van der Waals surface area contributed by atoms with E-state index >= 15 is 0 Å². The summed E-state index contributed by atoms with van der Waals surface area (Å²) in [4.78, 5) is 16.1. The lowest BCUT2D eigenvalue weighted by molar-refractivity contribution is -0.0416. The smallest absolute Gasteiger partial charge is 0.163 e. The summed E-state index contributed by atoms with van der Waals surface area (Å²) >= 11 is 0. The number of ketones is 1. The number of Topliss-reactive ketones (excluding diaryl/α,β-unsaturated/α-hetero) is 1. The molecule has 0 aliphatic heterocycles. The molecule has 0 bridgehead atoms. The maximum Gasteiger partial charge on any atom is 0.163 e. The van der Waals surface area contributed by atoms with Crippen LogP contribution in [-0.2, 0) is 12.1 Å². The molecule has 2 aromatic heterocycles. The molecule has 0 amide bonds. The molecule has 0 saturated heterocycles. The minimum atomic E-state index is -0.910. The minimum Gasteiger partial charge on any atom is -0.369 e.